The minimum absolute atomic E-state index is 0. The molecular weight excluding hydrogens is 747 g/mol. The van der Waals surface area contributed by atoms with E-state index in [1.54, 1.807) is 7.11 Å². The molecule has 0 fully saturated rings. The van der Waals surface area contributed by atoms with E-state index in [0.717, 1.165) is 55.5 Å². The third-order valence-corrected chi connectivity index (χ3v) is 8.56. The Morgan fingerprint density at radius 1 is 0.826 bits per heavy atom. The predicted octanol–water partition coefficient (Wildman–Crippen LogP) is 11.1. The van der Waals surface area contributed by atoms with Gasteiger partial charge in [0.15, 0.2) is 5.78 Å². The van der Waals surface area contributed by atoms with Crippen LogP contribution >= 0.6 is 0 Å². The number of ether oxygens (including phenoxy) is 1. The molecule has 0 amide bonds. The fourth-order valence-corrected chi connectivity index (χ4v) is 6.06. The molecule has 0 saturated carbocycles. The van der Waals surface area contributed by atoms with Crippen LogP contribution in [0.1, 0.15) is 92.2 Å². The Balaban J connectivity index is 0.000000394. The zero-order valence-corrected chi connectivity index (χ0v) is 31.8. The number of aliphatic hydroxyl groups excluding tert-OH is 1. The molecule has 0 aliphatic rings. The number of aliphatic hydroxyl groups is 1. The third kappa shape index (κ3) is 10.5. The average Bonchev–Trinajstić information content (AvgIpc) is 3.01. The van der Waals surface area contributed by atoms with Crippen LogP contribution < -0.4 is 4.74 Å². The van der Waals surface area contributed by atoms with Gasteiger partial charge in [-0.3, -0.25) is 4.79 Å². The number of ketones is 1. The van der Waals surface area contributed by atoms with Crippen molar-refractivity contribution in [3.8, 4) is 17.0 Å². The molecule has 0 saturated heterocycles. The van der Waals surface area contributed by atoms with Crippen molar-refractivity contribution in [1.82, 2.24) is 4.98 Å². The van der Waals surface area contributed by atoms with E-state index in [1.807, 2.05) is 40.0 Å². The fourth-order valence-electron chi connectivity index (χ4n) is 6.06. The van der Waals surface area contributed by atoms with Gasteiger partial charge in [0.2, 0.25) is 0 Å². The first-order valence-corrected chi connectivity index (χ1v) is 16.9. The van der Waals surface area contributed by atoms with Gasteiger partial charge in [0, 0.05) is 44.2 Å². The Bertz CT molecular complexity index is 1550. The Morgan fingerprint density at radius 3 is 2.04 bits per heavy atom. The number of fused-ring (bicyclic) bond motifs is 3. The maximum Gasteiger partial charge on any atom is 0.162 e. The van der Waals surface area contributed by atoms with Crippen molar-refractivity contribution >= 4 is 27.3 Å². The zero-order valence-electron chi connectivity index (χ0n) is 29.4. The van der Waals surface area contributed by atoms with Gasteiger partial charge >= 0.3 is 0 Å². The van der Waals surface area contributed by atoms with E-state index in [4.69, 9.17) is 9.72 Å². The summed E-state index contributed by atoms with van der Waals surface area (Å²) in [6, 6.07) is 21.0. The van der Waals surface area contributed by atoms with Gasteiger partial charge in [-0.2, -0.15) is 0 Å². The molecule has 0 bridgehead atoms. The summed E-state index contributed by atoms with van der Waals surface area (Å²) in [5.41, 5.74) is 4.77. The molecule has 4 rings (SSSR count). The van der Waals surface area contributed by atoms with Crippen molar-refractivity contribution in [2.24, 2.45) is 23.7 Å². The van der Waals surface area contributed by atoms with E-state index in [9.17, 15) is 9.90 Å². The van der Waals surface area contributed by atoms with Crippen LogP contribution in [0.5, 0.6) is 5.75 Å². The maximum atomic E-state index is 11.7. The smallest absolute Gasteiger partial charge is 0.162 e. The number of rotatable bonds is 13. The molecule has 0 spiro atoms. The molecule has 3 aromatic carbocycles. The van der Waals surface area contributed by atoms with E-state index in [1.165, 1.54) is 38.7 Å². The molecule has 251 valence electrons. The second-order valence-corrected chi connectivity index (χ2v) is 13.0. The first-order valence-electron chi connectivity index (χ1n) is 16.9. The molecule has 1 aromatic heterocycles. The van der Waals surface area contributed by atoms with Crippen LogP contribution in [0.2, 0.25) is 0 Å². The van der Waals surface area contributed by atoms with Gasteiger partial charge in [0.25, 0.3) is 0 Å². The second kappa shape index (κ2) is 19.0. The zero-order chi connectivity index (χ0) is 33.1. The van der Waals surface area contributed by atoms with E-state index < -0.39 is 0 Å². The SMILES string of the molecule is CCC(CC)C(=O)/C=C(\O)C(CC)CC.COc1ccc2c(ccc3c(-c4[c-]c(CC(C)C)cc(CC(C)C)c4)nccc32)c1.[Ir]. The van der Waals surface area contributed by atoms with E-state index >= 15 is 0 Å². The molecule has 4 nitrogen and oxygen atoms in total. The van der Waals surface area contributed by atoms with Gasteiger partial charge in [0.05, 0.1) is 12.9 Å². The van der Waals surface area contributed by atoms with Gasteiger partial charge in [-0.15, -0.1) is 34.9 Å². The molecule has 1 heterocycles. The summed E-state index contributed by atoms with van der Waals surface area (Å²) in [6.45, 7) is 17.1. The van der Waals surface area contributed by atoms with Crippen molar-refractivity contribution in [3.63, 3.8) is 0 Å². The van der Waals surface area contributed by atoms with E-state index in [-0.39, 0.29) is 43.5 Å². The Hall–Kier alpha value is -3.01. The van der Waals surface area contributed by atoms with Crippen molar-refractivity contribution in [2.75, 3.05) is 7.11 Å². The largest absolute Gasteiger partial charge is 0.512 e. The summed E-state index contributed by atoms with van der Waals surface area (Å²) in [6.07, 6.45) is 8.93. The number of carbonyl (C=O) groups excluding carboxylic acids is 1. The number of carbonyl (C=O) groups is 1. The minimum Gasteiger partial charge on any atom is -0.512 e. The molecular formula is C41H54IrNO3-. The molecule has 46 heavy (non-hydrogen) atoms. The van der Waals surface area contributed by atoms with Crippen LogP contribution in [0.15, 0.2) is 66.6 Å². The molecule has 0 aliphatic heterocycles. The van der Waals surface area contributed by atoms with Gasteiger partial charge in [-0.1, -0.05) is 73.6 Å². The minimum atomic E-state index is 0. The monoisotopic (exact) mass is 801 g/mol. The fraction of sp³-hybridized carbons (Fsp3) is 0.463. The number of methoxy groups -OCH3 is 1. The number of hydrogen-bond acceptors (Lipinski definition) is 4. The average molecular weight is 801 g/mol. The third-order valence-electron chi connectivity index (χ3n) is 8.56. The molecule has 5 heteroatoms. The molecule has 0 unspecified atom stereocenters. The van der Waals surface area contributed by atoms with Gasteiger partial charge in [-0.05, 0) is 95.8 Å². The molecule has 4 aromatic rings. The van der Waals surface area contributed by atoms with E-state index in [2.05, 4.69) is 76.2 Å². The predicted molar refractivity (Wildman–Crippen MR) is 191 cm³/mol. The number of allylic oxidation sites excluding steroid dienone is 2. The topological polar surface area (TPSA) is 59.4 Å². The number of pyridine rings is 1. The van der Waals surface area contributed by atoms with Crippen LogP contribution in [0.25, 0.3) is 32.8 Å². The Morgan fingerprint density at radius 2 is 1.46 bits per heavy atom. The maximum absolute atomic E-state index is 11.7. The Kier molecular flexibility index (Phi) is 16.1. The van der Waals surface area contributed by atoms with Gasteiger partial charge in [-0.25, -0.2) is 0 Å². The van der Waals surface area contributed by atoms with Crippen LogP contribution in [0, 0.1) is 29.7 Å². The molecule has 0 atom stereocenters. The van der Waals surface area contributed by atoms with Crippen molar-refractivity contribution < 1.29 is 34.7 Å². The van der Waals surface area contributed by atoms with Gasteiger partial charge < -0.3 is 14.8 Å². The van der Waals surface area contributed by atoms with Crippen molar-refractivity contribution in [3.05, 3.63) is 83.8 Å². The number of aromatic nitrogens is 1. The van der Waals surface area contributed by atoms with Gasteiger partial charge in [0.1, 0.15) is 5.75 Å². The molecule has 1 N–H and O–H groups in total. The van der Waals surface area contributed by atoms with E-state index in [0.29, 0.717) is 11.8 Å². The van der Waals surface area contributed by atoms with Crippen LogP contribution in [-0.4, -0.2) is 23.0 Å². The second-order valence-electron chi connectivity index (χ2n) is 13.0. The number of benzene rings is 3. The Labute approximate surface area is 291 Å². The summed E-state index contributed by atoms with van der Waals surface area (Å²) in [5, 5.41) is 14.5. The molecule has 1 radical (unpaired) electrons. The normalized spacial score (nSPS) is 11.7. The molecule has 0 aliphatic carbocycles. The first-order chi connectivity index (χ1) is 21.5. The quantitative estimate of drug-likeness (QED) is 0.0633. The summed E-state index contributed by atoms with van der Waals surface area (Å²) in [5.74, 6) is 2.64. The first kappa shape index (κ1) is 39.2. The van der Waals surface area contributed by atoms with Crippen LogP contribution in [0.3, 0.4) is 0 Å². The van der Waals surface area contributed by atoms with Crippen molar-refractivity contribution in [1.29, 1.82) is 0 Å². The standard InChI is InChI=1S/C28H30NO.C13H24O2.Ir/c1-18(2)12-20-14-21(13-19(3)4)16-23(15-20)28-27-8-6-22-17-24(30-5)7-9-25(22)26(27)10-11-29-28;1-5-10(6-2)12(14)9-13(15)11(7-3)8-4;/h6-11,14-15,17-19H,12-13H2,1-5H3;9-11,14H,5-8H2,1-4H3;/q-1;;/b;12-9-;. The summed E-state index contributed by atoms with van der Waals surface area (Å²) >= 11 is 0. The summed E-state index contributed by atoms with van der Waals surface area (Å²) < 4.78 is 5.40. The van der Waals surface area contributed by atoms with Crippen LogP contribution in [-0.2, 0) is 37.7 Å². The summed E-state index contributed by atoms with van der Waals surface area (Å²) in [7, 11) is 1.71. The number of nitrogens with zero attached hydrogens (tertiary/aromatic N) is 1. The van der Waals surface area contributed by atoms with Crippen molar-refractivity contribution in [2.45, 2.75) is 93.9 Å². The van der Waals surface area contributed by atoms with Crippen LogP contribution in [0.4, 0.5) is 0 Å². The number of hydrogen-bond donors (Lipinski definition) is 1. The summed E-state index contributed by atoms with van der Waals surface area (Å²) in [4.78, 5) is 16.5.